The van der Waals surface area contributed by atoms with Gasteiger partial charge in [0.1, 0.15) is 5.75 Å². The van der Waals surface area contributed by atoms with Crippen molar-refractivity contribution in [3.8, 4) is 5.75 Å². The molecular formula is C15H24N2O2. The second-order valence-corrected chi connectivity index (χ2v) is 5.16. The van der Waals surface area contributed by atoms with E-state index in [1.807, 2.05) is 39.8 Å². The Balaban J connectivity index is 2.97. The van der Waals surface area contributed by atoms with Gasteiger partial charge in [-0.3, -0.25) is 4.79 Å². The van der Waals surface area contributed by atoms with Crippen LogP contribution in [0.4, 0.5) is 5.69 Å². The van der Waals surface area contributed by atoms with E-state index in [1.54, 1.807) is 7.11 Å². The molecule has 0 heterocycles. The first kappa shape index (κ1) is 15.5. The van der Waals surface area contributed by atoms with Crippen LogP contribution in [0.5, 0.6) is 5.75 Å². The number of hydrogen-bond acceptors (Lipinski definition) is 3. The Morgan fingerprint density at radius 1 is 1.37 bits per heavy atom. The minimum Gasteiger partial charge on any atom is -0.496 e. The van der Waals surface area contributed by atoms with Gasteiger partial charge in [0.2, 0.25) is 5.91 Å². The fourth-order valence-electron chi connectivity index (χ4n) is 2.18. The van der Waals surface area contributed by atoms with E-state index in [0.717, 1.165) is 22.6 Å². The zero-order valence-corrected chi connectivity index (χ0v) is 12.4. The Bertz CT molecular complexity index is 456. The third kappa shape index (κ3) is 3.47. The van der Waals surface area contributed by atoms with Crippen molar-refractivity contribution in [2.24, 2.45) is 17.6 Å². The predicted molar refractivity (Wildman–Crippen MR) is 78.5 cm³/mol. The van der Waals surface area contributed by atoms with Crippen LogP contribution in [0.25, 0.3) is 0 Å². The molecule has 0 aliphatic carbocycles. The summed E-state index contributed by atoms with van der Waals surface area (Å²) in [7, 11) is 1.64. The quantitative estimate of drug-likeness (QED) is 0.858. The lowest BCUT2D eigenvalue weighted by atomic mass is 9.95. The van der Waals surface area contributed by atoms with Crippen LogP contribution in [0.15, 0.2) is 12.1 Å². The summed E-state index contributed by atoms with van der Waals surface area (Å²) >= 11 is 0. The monoisotopic (exact) mass is 264 g/mol. The molecule has 0 radical (unpaired) electrons. The van der Waals surface area contributed by atoms with Crippen molar-refractivity contribution in [1.29, 1.82) is 0 Å². The topological polar surface area (TPSA) is 64.3 Å². The minimum atomic E-state index is -0.174. The Hall–Kier alpha value is -1.55. The number of ether oxygens (including phenoxy) is 1. The number of rotatable bonds is 5. The first-order valence-corrected chi connectivity index (χ1v) is 6.57. The summed E-state index contributed by atoms with van der Waals surface area (Å²) in [6.45, 7) is 8.27. The lowest BCUT2D eigenvalue weighted by Crippen LogP contribution is -2.33. The maximum atomic E-state index is 12.2. The van der Waals surface area contributed by atoms with Crippen LogP contribution >= 0.6 is 0 Å². The number of benzene rings is 1. The number of anilines is 1. The summed E-state index contributed by atoms with van der Waals surface area (Å²) in [5.74, 6) is 0.822. The molecule has 1 aromatic carbocycles. The van der Waals surface area contributed by atoms with Crippen molar-refractivity contribution in [3.05, 3.63) is 23.3 Å². The third-order valence-corrected chi connectivity index (χ3v) is 3.46. The molecule has 0 saturated carbocycles. The van der Waals surface area contributed by atoms with Crippen molar-refractivity contribution in [2.75, 3.05) is 19.0 Å². The van der Waals surface area contributed by atoms with Crippen LogP contribution < -0.4 is 15.8 Å². The highest BCUT2D eigenvalue weighted by Crippen LogP contribution is 2.29. The van der Waals surface area contributed by atoms with Gasteiger partial charge < -0.3 is 15.8 Å². The zero-order chi connectivity index (χ0) is 14.6. The van der Waals surface area contributed by atoms with Crippen LogP contribution in [0.1, 0.15) is 25.0 Å². The molecule has 0 bridgehead atoms. The highest BCUT2D eigenvalue weighted by atomic mass is 16.5. The lowest BCUT2D eigenvalue weighted by molar-refractivity contribution is -0.120. The molecule has 4 heteroatoms. The summed E-state index contributed by atoms with van der Waals surface area (Å²) in [5.41, 5.74) is 8.44. The number of nitrogens with one attached hydrogen (secondary N) is 1. The molecule has 0 fully saturated rings. The summed E-state index contributed by atoms with van der Waals surface area (Å²) < 4.78 is 5.36. The van der Waals surface area contributed by atoms with Gasteiger partial charge in [0.05, 0.1) is 13.0 Å². The van der Waals surface area contributed by atoms with E-state index in [-0.39, 0.29) is 17.7 Å². The van der Waals surface area contributed by atoms with Crippen LogP contribution in [0, 0.1) is 25.7 Å². The molecule has 1 atom stereocenters. The van der Waals surface area contributed by atoms with Gasteiger partial charge in [0.25, 0.3) is 0 Å². The second kappa shape index (κ2) is 6.57. The number of aryl methyl sites for hydroxylation is 1. The fourth-order valence-corrected chi connectivity index (χ4v) is 2.18. The van der Waals surface area contributed by atoms with Crippen molar-refractivity contribution < 1.29 is 9.53 Å². The largest absolute Gasteiger partial charge is 0.496 e. The average Bonchev–Trinajstić information content (AvgIpc) is 2.34. The zero-order valence-electron chi connectivity index (χ0n) is 12.4. The molecule has 4 nitrogen and oxygen atoms in total. The summed E-state index contributed by atoms with van der Waals surface area (Å²) in [6, 6.07) is 3.84. The molecule has 0 saturated heterocycles. The number of hydrogen-bond donors (Lipinski definition) is 2. The molecule has 106 valence electrons. The average molecular weight is 264 g/mol. The van der Waals surface area contributed by atoms with Gasteiger partial charge in [0, 0.05) is 17.8 Å². The van der Waals surface area contributed by atoms with Crippen LogP contribution in [-0.2, 0) is 4.79 Å². The summed E-state index contributed by atoms with van der Waals surface area (Å²) in [4.78, 5) is 12.2. The molecule has 3 N–H and O–H groups in total. The van der Waals surface area contributed by atoms with Crippen molar-refractivity contribution >= 4 is 11.6 Å². The molecule has 0 spiro atoms. The first-order chi connectivity index (χ1) is 8.92. The van der Waals surface area contributed by atoms with E-state index in [0.29, 0.717) is 6.54 Å². The first-order valence-electron chi connectivity index (χ1n) is 6.57. The molecule has 0 aliphatic rings. The number of methoxy groups -OCH3 is 1. The van der Waals surface area contributed by atoms with Crippen LogP contribution in [-0.4, -0.2) is 19.6 Å². The number of nitrogens with two attached hydrogens (primary N) is 1. The second-order valence-electron chi connectivity index (χ2n) is 5.16. The smallest absolute Gasteiger partial charge is 0.229 e. The fraction of sp³-hybridized carbons (Fsp3) is 0.533. The standard InChI is InChI=1S/C15H24N2O2/c1-9(2)12(8-16)15(18)17-13-7-6-10(3)14(19-5)11(13)4/h6-7,9,12H,8,16H2,1-5H3,(H,17,18). The normalized spacial score (nSPS) is 12.4. The summed E-state index contributed by atoms with van der Waals surface area (Å²) in [5, 5.41) is 2.95. The maximum Gasteiger partial charge on any atom is 0.229 e. The Kier molecular flexibility index (Phi) is 5.36. The SMILES string of the molecule is COc1c(C)ccc(NC(=O)C(CN)C(C)C)c1C. The Labute approximate surface area is 115 Å². The highest BCUT2D eigenvalue weighted by molar-refractivity contribution is 5.94. The van der Waals surface area contributed by atoms with Gasteiger partial charge in [-0.15, -0.1) is 0 Å². The van der Waals surface area contributed by atoms with Gasteiger partial charge in [-0.1, -0.05) is 19.9 Å². The van der Waals surface area contributed by atoms with Gasteiger partial charge >= 0.3 is 0 Å². The maximum absolute atomic E-state index is 12.2. The van der Waals surface area contributed by atoms with Crippen molar-refractivity contribution in [1.82, 2.24) is 0 Å². The minimum absolute atomic E-state index is 0.0356. The van der Waals surface area contributed by atoms with E-state index in [2.05, 4.69) is 5.32 Å². The van der Waals surface area contributed by atoms with E-state index in [4.69, 9.17) is 10.5 Å². The molecule has 0 aliphatic heterocycles. The predicted octanol–water partition coefficient (Wildman–Crippen LogP) is 2.48. The lowest BCUT2D eigenvalue weighted by Gasteiger charge is -2.20. The highest BCUT2D eigenvalue weighted by Gasteiger charge is 2.21. The molecule has 1 rings (SSSR count). The molecule has 1 amide bonds. The van der Waals surface area contributed by atoms with Gasteiger partial charge in [-0.25, -0.2) is 0 Å². The molecule has 19 heavy (non-hydrogen) atoms. The van der Waals surface area contributed by atoms with E-state index < -0.39 is 0 Å². The molecule has 1 aromatic rings. The third-order valence-electron chi connectivity index (χ3n) is 3.46. The van der Waals surface area contributed by atoms with Crippen molar-refractivity contribution in [3.63, 3.8) is 0 Å². The number of carbonyl (C=O) groups excluding carboxylic acids is 1. The number of carbonyl (C=O) groups is 1. The van der Waals surface area contributed by atoms with E-state index in [1.165, 1.54) is 0 Å². The van der Waals surface area contributed by atoms with Gasteiger partial charge in [-0.05, 0) is 31.4 Å². The van der Waals surface area contributed by atoms with Crippen molar-refractivity contribution in [2.45, 2.75) is 27.7 Å². The Morgan fingerprint density at radius 2 is 2.00 bits per heavy atom. The molecule has 1 unspecified atom stereocenters. The summed E-state index contributed by atoms with van der Waals surface area (Å²) in [6.07, 6.45) is 0. The van der Waals surface area contributed by atoms with Crippen LogP contribution in [0.2, 0.25) is 0 Å². The van der Waals surface area contributed by atoms with Gasteiger partial charge in [-0.2, -0.15) is 0 Å². The molecule has 0 aromatic heterocycles. The van der Waals surface area contributed by atoms with E-state index in [9.17, 15) is 4.79 Å². The van der Waals surface area contributed by atoms with Crippen LogP contribution in [0.3, 0.4) is 0 Å². The molecular weight excluding hydrogens is 240 g/mol. The Morgan fingerprint density at radius 3 is 2.47 bits per heavy atom. The van der Waals surface area contributed by atoms with Gasteiger partial charge in [0.15, 0.2) is 0 Å². The number of amides is 1. The van der Waals surface area contributed by atoms with E-state index >= 15 is 0 Å².